The van der Waals surface area contributed by atoms with E-state index in [4.69, 9.17) is 4.74 Å². The summed E-state index contributed by atoms with van der Waals surface area (Å²) >= 11 is 0. The van der Waals surface area contributed by atoms with Gasteiger partial charge in [-0.1, -0.05) is 44.2 Å². The topological polar surface area (TPSA) is 66.9 Å². The van der Waals surface area contributed by atoms with Crippen molar-refractivity contribution in [2.24, 2.45) is 0 Å². The van der Waals surface area contributed by atoms with Gasteiger partial charge in [-0.15, -0.1) is 0 Å². The van der Waals surface area contributed by atoms with Crippen molar-refractivity contribution in [2.45, 2.75) is 24.7 Å². The molecule has 1 amide bonds. The lowest BCUT2D eigenvalue weighted by molar-refractivity contribution is -0.134. The maximum atomic E-state index is 13.9. The van der Waals surface area contributed by atoms with Crippen LogP contribution in [0.3, 0.4) is 0 Å². The second kappa shape index (κ2) is 8.92. The number of hydrogen-bond donors (Lipinski definition) is 0. The van der Waals surface area contributed by atoms with E-state index in [0.29, 0.717) is 5.75 Å². The average Bonchev–Trinajstić information content (AvgIpc) is 2.72. The van der Waals surface area contributed by atoms with Gasteiger partial charge in [-0.3, -0.25) is 4.79 Å². The van der Waals surface area contributed by atoms with Crippen LogP contribution in [0, 0.1) is 5.82 Å². The van der Waals surface area contributed by atoms with Crippen LogP contribution in [-0.4, -0.2) is 56.3 Å². The molecule has 0 unspecified atom stereocenters. The first-order valence-electron chi connectivity index (χ1n) is 9.55. The van der Waals surface area contributed by atoms with Crippen molar-refractivity contribution in [2.75, 3.05) is 32.8 Å². The van der Waals surface area contributed by atoms with Gasteiger partial charge in [-0.2, -0.15) is 4.31 Å². The largest absolute Gasteiger partial charge is 0.483 e. The van der Waals surface area contributed by atoms with Crippen LogP contribution >= 0.6 is 0 Å². The minimum absolute atomic E-state index is 0.107. The van der Waals surface area contributed by atoms with Crippen LogP contribution < -0.4 is 4.74 Å². The second-order valence-electron chi connectivity index (χ2n) is 7.20. The number of halogens is 1. The molecule has 0 atom stereocenters. The predicted octanol–water partition coefficient (Wildman–Crippen LogP) is 2.86. The third-order valence-corrected chi connectivity index (χ3v) is 6.87. The summed E-state index contributed by atoms with van der Waals surface area (Å²) in [5.74, 6) is -0.0280. The Bertz CT molecular complexity index is 970. The van der Waals surface area contributed by atoms with Crippen molar-refractivity contribution >= 4 is 15.9 Å². The number of benzene rings is 2. The van der Waals surface area contributed by atoms with Gasteiger partial charge in [-0.25, -0.2) is 12.8 Å². The molecular weight excluding hydrogens is 395 g/mol. The molecule has 1 aliphatic heterocycles. The van der Waals surface area contributed by atoms with E-state index in [1.807, 2.05) is 24.3 Å². The van der Waals surface area contributed by atoms with Crippen molar-refractivity contribution in [3.8, 4) is 5.75 Å². The zero-order valence-corrected chi connectivity index (χ0v) is 17.4. The minimum Gasteiger partial charge on any atom is -0.483 e. The lowest BCUT2D eigenvalue weighted by Crippen LogP contribution is -2.51. The number of carbonyl (C=O) groups is 1. The van der Waals surface area contributed by atoms with Gasteiger partial charge in [-0.05, 0) is 29.7 Å². The highest BCUT2D eigenvalue weighted by Gasteiger charge is 2.31. The van der Waals surface area contributed by atoms with Crippen LogP contribution in [0.15, 0.2) is 53.4 Å². The molecule has 0 N–H and O–H groups in total. The molecule has 1 heterocycles. The molecule has 0 spiro atoms. The number of sulfonamides is 1. The molecule has 0 bridgehead atoms. The Morgan fingerprint density at radius 3 is 2.31 bits per heavy atom. The zero-order valence-electron chi connectivity index (χ0n) is 16.5. The van der Waals surface area contributed by atoms with Crippen LogP contribution in [0.1, 0.15) is 25.3 Å². The van der Waals surface area contributed by atoms with Crippen LogP contribution in [0.4, 0.5) is 4.39 Å². The first kappa shape index (κ1) is 21.3. The Morgan fingerprint density at radius 1 is 1.03 bits per heavy atom. The molecule has 0 saturated carbocycles. The second-order valence-corrected chi connectivity index (χ2v) is 9.10. The van der Waals surface area contributed by atoms with Crippen LogP contribution in [0.25, 0.3) is 0 Å². The summed E-state index contributed by atoms with van der Waals surface area (Å²) in [4.78, 5) is 13.7. The molecule has 156 valence electrons. The zero-order chi connectivity index (χ0) is 21.0. The molecule has 1 saturated heterocycles. The van der Waals surface area contributed by atoms with Gasteiger partial charge < -0.3 is 9.64 Å². The maximum absolute atomic E-state index is 13.9. The SMILES string of the molecule is CC(C)c1ccccc1OCC(=O)N1CCN(S(=O)(=O)c2ccccc2F)CC1. The van der Waals surface area contributed by atoms with E-state index in [9.17, 15) is 17.6 Å². The van der Waals surface area contributed by atoms with Gasteiger partial charge in [0.15, 0.2) is 6.61 Å². The quantitative estimate of drug-likeness (QED) is 0.721. The van der Waals surface area contributed by atoms with Crippen LogP contribution in [0.2, 0.25) is 0 Å². The minimum atomic E-state index is -3.92. The first-order chi connectivity index (χ1) is 13.8. The molecule has 2 aromatic carbocycles. The standard InChI is InChI=1S/C21H25FN2O4S/c1-16(2)17-7-3-5-9-19(17)28-15-21(25)23-11-13-24(14-12-23)29(26,27)20-10-6-4-8-18(20)22/h3-10,16H,11-15H2,1-2H3. The Hall–Kier alpha value is -2.45. The number of ether oxygens (including phenoxy) is 1. The lowest BCUT2D eigenvalue weighted by atomic mass is 10.0. The van der Waals surface area contributed by atoms with Gasteiger partial charge in [0.1, 0.15) is 16.5 Å². The average molecular weight is 421 g/mol. The highest BCUT2D eigenvalue weighted by atomic mass is 32.2. The predicted molar refractivity (Wildman–Crippen MR) is 108 cm³/mol. The molecular formula is C21H25FN2O4S. The number of piperazine rings is 1. The van der Waals surface area contributed by atoms with E-state index in [1.165, 1.54) is 22.5 Å². The van der Waals surface area contributed by atoms with E-state index < -0.39 is 15.8 Å². The van der Waals surface area contributed by atoms with Gasteiger partial charge in [0.25, 0.3) is 5.91 Å². The normalized spacial score (nSPS) is 15.5. The Morgan fingerprint density at radius 2 is 1.66 bits per heavy atom. The van der Waals surface area contributed by atoms with E-state index in [2.05, 4.69) is 13.8 Å². The summed E-state index contributed by atoms with van der Waals surface area (Å²) in [7, 11) is -3.92. The molecule has 3 rings (SSSR count). The summed E-state index contributed by atoms with van der Waals surface area (Å²) in [5, 5.41) is 0. The summed E-state index contributed by atoms with van der Waals surface area (Å²) in [6, 6.07) is 12.9. The number of hydrogen-bond acceptors (Lipinski definition) is 4. The fourth-order valence-electron chi connectivity index (χ4n) is 3.29. The van der Waals surface area contributed by atoms with Crippen molar-refractivity contribution in [3.63, 3.8) is 0 Å². The fraction of sp³-hybridized carbons (Fsp3) is 0.381. The van der Waals surface area contributed by atoms with Gasteiger partial charge >= 0.3 is 0 Å². The van der Waals surface area contributed by atoms with Crippen molar-refractivity contribution in [1.82, 2.24) is 9.21 Å². The van der Waals surface area contributed by atoms with Crippen LogP contribution in [-0.2, 0) is 14.8 Å². The molecule has 1 aliphatic rings. The van der Waals surface area contributed by atoms with Gasteiger partial charge in [0, 0.05) is 26.2 Å². The number of nitrogens with zero attached hydrogens (tertiary/aromatic N) is 2. The van der Waals surface area contributed by atoms with Crippen molar-refractivity contribution < 1.29 is 22.3 Å². The van der Waals surface area contributed by atoms with E-state index in [0.717, 1.165) is 11.6 Å². The molecule has 2 aromatic rings. The Labute approximate surface area is 170 Å². The number of rotatable bonds is 6. The molecule has 0 aliphatic carbocycles. The smallest absolute Gasteiger partial charge is 0.260 e. The van der Waals surface area contributed by atoms with Crippen molar-refractivity contribution in [1.29, 1.82) is 0 Å². The third kappa shape index (κ3) is 4.76. The number of carbonyl (C=O) groups excluding carboxylic acids is 1. The fourth-order valence-corrected chi connectivity index (χ4v) is 4.78. The Kier molecular flexibility index (Phi) is 6.54. The van der Waals surface area contributed by atoms with Crippen molar-refractivity contribution in [3.05, 3.63) is 59.9 Å². The molecule has 29 heavy (non-hydrogen) atoms. The van der Waals surface area contributed by atoms with Gasteiger partial charge in [0.2, 0.25) is 10.0 Å². The molecule has 6 nitrogen and oxygen atoms in total. The lowest BCUT2D eigenvalue weighted by Gasteiger charge is -2.34. The Balaban J connectivity index is 1.58. The number of para-hydroxylation sites is 1. The van der Waals surface area contributed by atoms with E-state index in [1.54, 1.807) is 4.90 Å². The molecule has 0 aromatic heterocycles. The summed E-state index contributed by atoms with van der Waals surface area (Å²) in [6.45, 7) is 4.71. The van der Waals surface area contributed by atoms with E-state index in [-0.39, 0.29) is 49.5 Å². The molecule has 0 radical (unpaired) electrons. The summed E-state index contributed by atoms with van der Waals surface area (Å²) in [6.07, 6.45) is 0. The van der Waals surface area contributed by atoms with E-state index >= 15 is 0 Å². The number of amides is 1. The third-order valence-electron chi connectivity index (χ3n) is 4.94. The summed E-state index contributed by atoms with van der Waals surface area (Å²) in [5.41, 5.74) is 1.03. The van der Waals surface area contributed by atoms with Gasteiger partial charge in [0.05, 0.1) is 0 Å². The first-order valence-corrected chi connectivity index (χ1v) is 11.0. The molecule has 1 fully saturated rings. The maximum Gasteiger partial charge on any atom is 0.260 e. The molecule has 8 heteroatoms. The monoisotopic (exact) mass is 420 g/mol. The highest BCUT2D eigenvalue weighted by Crippen LogP contribution is 2.26. The highest BCUT2D eigenvalue weighted by molar-refractivity contribution is 7.89. The van der Waals surface area contributed by atoms with Crippen LogP contribution in [0.5, 0.6) is 5.75 Å². The summed E-state index contributed by atoms with van der Waals surface area (Å²) < 4.78 is 46.2.